The smallest absolute Gasteiger partial charge is 0.289 e. The molecule has 9 nitrogen and oxygen atoms in total. The summed E-state index contributed by atoms with van der Waals surface area (Å²) in [4.78, 5) is 25.7. The Labute approximate surface area is 141 Å². The van der Waals surface area contributed by atoms with Gasteiger partial charge in [0.2, 0.25) is 17.7 Å². The van der Waals surface area contributed by atoms with Crippen LogP contribution in [0.3, 0.4) is 0 Å². The second-order valence-electron chi connectivity index (χ2n) is 6.66. The van der Waals surface area contributed by atoms with E-state index < -0.39 is 12.0 Å². The van der Waals surface area contributed by atoms with E-state index in [0.29, 0.717) is 38.1 Å². The van der Waals surface area contributed by atoms with E-state index in [2.05, 4.69) is 29.4 Å². The number of carbonyl (C=O) groups excluding carboxylic acids is 2. The van der Waals surface area contributed by atoms with Crippen LogP contribution in [0.2, 0.25) is 0 Å². The third kappa shape index (κ3) is 4.22. The molecule has 134 valence electrons. The first-order chi connectivity index (χ1) is 11.3. The first-order valence-electron chi connectivity index (χ1n) is 8.19. The molecule has 2 heterocycles. The van der Waals surface area contributed by atoms with Crippen molar-refractivity contribution in [3.63, 3.8) is 0 Å². The molecule has 9 heteroatoms. The lowest BCUT2D eigenvalue weighted by Gasteiger charge is -2.32. The summed E-state index contributed by atoms with van der Waals surface area (Å²) in [7, 11) is 0. The molecule has 1 aromatic heterocycles. The van der Waals surface area contributed by atoms with Gasteiger partial charge in [0.15, 0.2) is 6.10 Å². The number of aromatic nitrogens is 3. The highest BCUT2D eigenvalue weighted by atomic mass is 16.5. The first kappa shape index (κ1) is 18.2. The van der Waals surface area contributed by atoms with E-state index in [-0.39, 0.29) is 17.8 Å². The molecule has 0 saturated carbocycles. The predicted octanol–water partition coefficient (Wildman–Crippen LogP) is -0.237. The second-order valence-corrected chi connectivity index (χ2v) is 6.66. The highest BCUT2D eigenvalue weighted by Crippen LogP contribution is 2.19. The first-order valence-corrected chi connectivity index (χ1v) is 8.19. The van der Waals surface area contributed by atoms with E-state index in [0.717, 1.165) is 0 Å². The summed E-state index contributed by atoms with van der Waals surface area (Å²) < 4.78 is 7.16. The Morgan fingerprint density at radius 2 is 2.04 bits per heavy atom. The van der Waals surface area contributed by atoms with Gasteiger partial charge in [0, 0.05) is 19.1 Å². The number of rotatable bonds is 6. The van der Waals surface area contributed by atoms with E-state index in [1.165, 1.54) is 0 Å². The van der Waals surface area contributed by atoms with E-state index >= 15 is 0 Å². The van der Waals surface area contributed by atoms with Crippen molar-refractivity contribution < 1.29 is 14.3 Å². The summed E-state index contributed by atoms with van der Waals surface area (Å²) in [5.74, 6) is 0.372. The SMILES string of the molecule is CC(C)Cn1c(C(=O)NC(C)C)nnc1N1CCOC(C(N)=O)C1. The van der Waals surface area contributed by atoms with Crippen LogP contribution >= 0.6 is 0 Å². The van der Waals surface area contributed by atoms with Gasteiger partial charge in [0.05, 0.1) is 13.2 Å². The van der Waals surface area contributed by atoms with Crippen LogP contribution in [0.5, 0.6) is 0 Å². The number of hydrogen-bond acceptors (Lipinski definition) is 6. The number of nitrogens with one attached hydrogen (secondary N) is 1. The predicted molar refractivity (Wildman–Crippen MR) is 88.6 cm³/mol. The third-order valence-electron chi connectivity index (χ3n) is 3.57. The maximum atomic E-state index is 12.4. The molecule has 1 atom stereocenters. The average Bonchev–Trinajstić information content (AvgIpc) is 2.89. The molecule has 0 aliphatic carbocycles. The molecule has 1 aliphatic rings. The molecule has 2 rings (SSSR count). The van der Waals surface area contributed by atoms with Crippen LogP contribution < -0.4 is 16.0 Å². The number of nitrogens with two attached hydrogens (primary N) is 1. The zero-order chi connectivity index (χ0) is 17.9. The zero-order valence-electron chi connectivity index (χ0n) is 14.7. The lowest BCUT2D eigenvalue weighted by Crippen LogP contribution is -2.49. The van der Waals surface area contributed by atoms with Gasteiger partial charge in [-0.2, -0.15) is 0 Å². The number of nitrogens with zero attached hydrogens (tertiary/aromatic N) is 4. The highest BCUT2D eigenvalue weighted by Gasteiger charge is 2.30. The molecule has 0 bridgehead atoms. The van der Waals surface area contributed by atoms with Gasteiger partial charge in [-0.25, -0.2) is 0 Å². The largest absolute Gasteiger partial charge is 0.367 e. The van der Waals surface area contributed by atoms with Crippen molar-refractivity contribution in [2.45, 2.75) is 46.4 Å². The van der Waals surface area contributed by atoms with Crippen LogP contribution in [0.1, 0.15) is 38.3 Å². The molecule has 2 amide bonds. The topological polar surface area (TPSA) is 115 Å². The molecule has 0 radical (unpaired) electrons. The Bertz CT molecular complexity index is 598. The minimum Gasteiger partial charge on any atom is -0.367 e. The van der Waals surface area contributed by atoms with Gasteiger partial charge < -0.3 is 20.7 Å². The summed E-state index contributed by atoms with van der Waals surface area (Å²) in [6.07, 6.45) is -0.684. The Hall–Kier alpha value is -2.16. The molecule has 1 fully saturated rings. The Morgan fingerprint density at radius 3 is 2.62 bits per heavy atom. The number of amides is 2. The van der Waals surface area contributed by atoms with Crippen LogP contribution in [0.15, 0.2) is 0 Å². The quantitative estimate of drug-likeness (QED) is 0.740. The molecule has 3 N–H and O–H groups in total. The van der Waals surface area contributed by atoms with Gasteiger partial charge in [-0.05, 0) is 19.8 Å². The van der Waals surface area contributed by atoms with Crippen molar-refractivity contribution in [3.8, 4) is 0 Å². The summed E-state index contributed by atoms with van der Waals surface area (Å²) in [5, 5.41) is 11.1. The molecule has 1 aromatic rings. The lowest BCUT2D eigenvalue weighted by atomic mass is 10.2. The maximum Gasteiger partial charge on any atom is 0.289 e. The number of morpholine rings is 1. The fourth-order valence-electron chi connectivity index (χ4n) is 2.56. The summed E-state index contributed by atoms with van der Waals surface area (Å²) >= 11 is 0. The van der Waals surface area contributed by atoms with Crippen molar-refractivity contribution in [1.82, 2.24) is 20.1 Å². The number of carbonyl (C=O) groups is 2. The highest BCUT2D eigenvalue weighted by molar-refractivity contribution is 5.91. The number of primary amides is 1. The second kappa shape index (κ2) is 7.61. The summed E-state index contributed by atoms with van der Waals surface area (Å²) in [6, 6.07) is 0.00720. The van der Waals surface area contributed by atoms with Crippen molar-refractivity contribution in [2.75, 3.05) is 24.6 Å². The van der Waals surface area contributed by atoms with Crippen molar-refractivity contribution in [2.24, 2.45) is 11.7 Å². The van der Waals surface area contributed by atoms with Crippen LogP contribution in [-0.2, 0) is 16.1 Å². The molecule has 0 aromatic carbocycles. The number of ether oxygens (including phenoxy) is 1. The fourth-order valence-corrected chi connectivity index (χ4v) is 2.56. The average molecular weight is 338 g/mol. The van der Waals surface area contributed by atoms with E-state index in [1.807, 2.05) is 18.7 Å². The zero-order valence-corrected chi connectivity index (χ0v) is 14.7. The fraction of sp³-hybridized carbons (Fsp3) is 0.733. The van der Waals surface area contributed by atoms with Gasteiger partial charge in [-0.1, -0.05) is 13.8 Å². The van der Waals surface area contributed by atoms with Crippen LogP contribution in [0.25, 0.3) is 0 Å². The minimum atomic E-state index is -0.684. The van der Waals surface area contributed by atoms with Gasteiger partial charge in [-0.15, -0.1) is 10.2 Å². The summed E-state index contributed by atoms with van der Waals surface area (Å²) in [5.41, 5.74) is 5.34. The van der Waals surface area contributed by atoms with Gasteiger partial charge >= 0.3 is 0 Å². The molecule has 24 heavy (non-hydrogen) atoms. The normalized spacial score (nSPS) is 18.2. The van der Waals surface area contributed by atoms with Crippen molar-refractivity contribution in [1.29, 1.82) is 0 Å². The van der Waals surface area contributed by atoms with Crippen molar-refractivity contribution in [3.05, 3.63) is 5.82 Å². The standard InChI is InChI=1S/C15H26N6O3/c1-9(2)7-21-13(14(23)17-10(3)4)18-19-15(21)20-5-6-24-11(8-20)12(16)22/h9-11H,5-8H2,1-4H3,(H2,16,22)(H,17,23). The van der Waals surface area contributed by atoms with E-state index in [4.69, 9.17) is 10.5 Å². The van der Waals surface area contributed by atoms with Gasteiger partial charge in [0.25, 0.3) is 5.91 Å². The lowest BCUT2D eigenvalue weighted by molar-refractivity contribution is -0.130. The Kier molecular flexibility index (Phi) is 5.76. The Morgan fingerprint density at radius 1 is 1.33 bits per heavy atom. The molecule has 1 saturated heterocycles. The van der Waals surface area contributed by atoms with Gasteiger partial charge in [-0.3, -0.25) is 14.2 Å². The molecule has 1 aliphatic heterocycles. The molecular weight excluding hydrogens is 312 g/mol. The van der Waals surface area contributed by atoms with Gasteiger partial charge in [0.1, 0.15) is 0 Å². The van der Waals surface area contributed by atoms with Crippen LogP contribution in [0, 0.1) is 5.92 Å². The van der Waals surface area contributed by atoms with Crippen LogP contribution in [-0.4, -0.2) is 58.4 Å². The molecular formula is C15H26N6O3. The number of anilines is 1. The minimum absolute atomic E-state index is 0.00720. The van der Waals surface area contributed by atoms with Crippen molar-refractivity contribution >= 4 is 17.8 Å². The summed E-state index contributed by atoms with van der Waals surface area (Å²) in [6.45, 7) is 9.72. The Balaban J connectivity index is 2.30. The molecule has 0 spiro atoms. The van der Waals surface area contributed by atoms with E-state index in [9.17, 15) is 9.59 Å². The third-order valence-corrected chi connectivity index (χ3v) is 3.57. The van der Waals surface area contributed by atoms with Crippen LogP contribution in [0.4, 0.5) is 5.95 Å². The maximum absolute atomic E-state index is 12.4. The molecule has 1 unspecified atom stereocenters. The monoisotopic (exact) mass is 338 g/mol. The van der Waals surface area contributed by atoms with E-state index in [1.54, 1.807) is 4.57 Å². The number of hydrogen-bond donors (Lipinski definition) is 2.